The SMILES string of the molecule is CC12Cc3cnn(-c4ccc(F)cc4)c3C=C1CCC2CC(NCCO)c1cccnc1. The van der Waals surface area contributed by atoms with Gasteiger partial charge in [-0.05, 0) is 84.6 Å². The molecule has 0 bridgehead atoms. The summed E-state index contributed by atoms with van der Waals surface area (Å²) in [6, 6.07) is 10.8. The monoisotopic (exact) mass is 432 g/mol. The number of aliphatic hydroxyl groups excluding tert-OH is 1. The summed E-state index contributed by atoms with van der Waals surface area (Å²) in [5.74, 6) is 0.282. The molecule has 3 aromatic rings. The molecule has 2 heterocycles. The Kier molecular flexibility index (Phi) is 5.66. The molecule has 32 heavy (non-hydrogen) atoms. The van der Waals surface area contributed by atoms with Gasteiger partial charge in [0.05, 0.1) is 24.2 Å². The van der Waals surface area contributed by atoms with E-state index in [1.807, 2.05) is 23.1 Å². The zero-order valence-corrected chi connectivity index (χ0v) is 18.3. The summed E-state index contributed by atoms with van der Waals surface area (Å²) in [4.78, 5) is 4.31. The maximum atomic E-state index is 13.4. The minimum Gasteiger partial charge on any atom is -0.395 e. The van der Waals surface area contributed by atoms with Crippen LogP contribution in [0.15, 0.2) is 60.6 Å². The van der Waals surface area contributed by atoms with Gasteiger partial charge in [0.25, 0.3) is 0 Å². The Balaban J connectivity index is 1.41. The summed E-state index contributed by atoms with van der Waals surface area (Å²) >= 11 is 0. The maximum Gasteiger partial charge on any atom is 0.123 e. The molecular formula is C26H29FN4O. The summed E-state index contributed by atoms with van der Waals surface area (Å²) in [6.45, 7) is 3.08. The Morgan fingerprint density at radius 1 is 1.25 bits per heavy atom. The topological polar surface area (TPSA) is 63.0 Å². The normalized spacial score (nSPS) is 22.8. The van der Waals surface area contributed by atoms with Gasteiger partial charge in [0.15, 0.2) is 0 Å². The lowest BCUT2D eigenvalue weighted by Gasteiger charge is -2.37. The van der Waals surface area contributed by atoms with E-state index in [0.29, 0.717) is 12.5 Å². The smallest absolute Gasteiger partial charge is 0.123 e. The highest BCUT2D eigenvalue weighted by Crippen LogP contribution is 2.55. The molecule has 5 nitrogen and oxygen atoms in total. The van der Waals surface area contributed by atoms with Gasteiger partial charge >= 0.3 is 0 Å². The second-order valence-corrected chi connectivity index (χ2v) is 9.20. The highest BCUT2D eigenvalue weighted by atomic mass is 19.1. The van der Waals surface area contributed by atoms with Crippen LogP contribution in [0.25, 0.3) is 11.8 Å². The first kappa shape index (κ1) is 21.0. The van der Waals surface area contributed by atoms with Crippen molar-refractivity contribution in [3.8, 4) is 5.69 Å². The third-order valence-electron chi connectivity index (χ3n) is 7.33. The number of hydrogen-bond donors (Lipinski definition) is 2. The molecule has 2 aliphatic carbocycles. The Labute approximate surface area is 188 Å². The molecule has 0 radical (unpaired) electrons. The van der Waals surface area contributed by atoms with Crippen LogP contribution in [-0.2, 0) is 6.42 Å². The predicted octanol–water partition coefficient (Wildman–Crippen LogP) is 4.48. The van der Waals surface area contributed by atoms with Crippen molar-refractivity contribution in [3.63, 3.8) is 0 Å². The number of rotatable bonds is 7. The number of aliphatic hydroxyl groups is 1. The van der Waals surface area contributed by atoms with E-state index in [1.54, 1.807) is 18.3 Å². The quantitative estimate of drug-likeness (QED) is 0.578. The minimum atomic E-state index is -0.239. The van der Waals surface area contributed by atoms with Gasteiger partial charge in [0.2, 0.25) is 0 Å². The standard InChI is InChI=1S/C26H29FN4O/c1-26-15-19-17-30-31(23-8-6-22(27)7-9-23)25(19)14-21(26)5-4-20(26)13-24(29-11-12-32)18-3-2-10-28-16-18/h2-3,6-10,14,16-17,20,24,29,32H,4-5,11-13,15H2,1H3. The van der Waals surface area contributed by atoms with Gasteiger partial charge in [-0.25, -0.2) is 9.07 Å². The molecule has 3 unspecified atom stereocenters. The van der Waals surface area contributed by atoms with E-state index in [-0.39, 0.29) is 23.9 Å². The zero-order valence-electron chi connectivity index (χ0n) is 18.3. The van der Waals surface area contributed by atoms with Crippen LogP contribution in [0, 0.1) is 17.2 Å². The molecule has 1 saturated carbocycles. The third-order valence-corrected chi connectivity index (χ3v) is 7.33. The number of aromatic nitrogens is 3. The van der Waals surface area contributed by atoms with E-state index in [1.165, 1.54) is 28.8 Å². The number of pyridine rings is 1. The molecule has 0 amide bonds. The van der Waals surface area contributed by atoms with E-state index in [0.717, 1.165) is 37.1 Å². The average molecular weight is 433 g/mol. The zero-order chi connectivity index (χ0) is 22.1. The van der Waals surface area contributed by atoms with Gasteiger partial charge in [-0.1, -0.05) is 18.6 Å². The lowest BCUT2D eigenvalue weighted by Crippen LogP contribution is -2.33. The van der Waals surface area contributed by atoms with Crippen molar-refractivity contribution in [1.82, 2.24) is 20.1 Å². The number of allylic oxidation sites excluding steroid dienone is 1. The molecule has 166 valence electrons. The summed E-state index contributed by atoms with van der Waals surface area (Å²) in [6.07, 6.45) is 12.2. The molecule has 0 spiro atoms. The lowest BCUT2D eigenvalue weighted by atomic mass is 9.68. The highest BCUT2D eigenvalue weighted by Gasteiger charge is 2.46. The van der Waals surface area contributed by atoms with Gasteiger partial charge in [-0.2, -0.15) is 5.10 Å². The summed E-state index contributed by atoms with van der Waals surface area (Å²) < 4.78 is 15.3. The molecular weight excluding hydrogens is 403 g/mol. The Morgan fingerprint density at radius 3 is 2.84 bits per heavy atom. The van der Waals surface area contributed by atoms with Crippen molar-refractivity contribution in [2.24, 2.45) is 11.3 Å². The number of benzene rings is 1. The molecule has 2 aromatic heterocycles. The molecule has 5 rings (SSSR count). The molecule has 0 saturated heterocycles. The van der Waals surface area contributed by atoms with E-state index < -0.39 is 0 Å². The first-order chi connectivity index (χ1) is 15.6. The predicted molar refractivity (Wildman–Crippen MR) is 123 cm³/mol. The van der Waals surface area contributed by atoms with Crippen LogP contribution in [0.2, 0.25) is 0 Å². The molecule has 1 fully saturated rings. The molecule has 1 aromatic carbocycles. The molecule has 2 N–H and O–H groups in total. The van der Waals surface area contributed by atoms with Crippen molar-refractivity contribution in [2.45, 2.75) is 38.6 Å². The van der Waals surface area contributed by atoms with Gasteiger partial charge < -0.3 is 10.4 Å². The number of nitrogens with one attached hydrogen (secondary N) is 1. The fourth-order valence-electron chi connectivity index (χ4n) is 5.54. The molecule has 2 aliphatic rings. The van der Waals surface area contributed by atoms with Gasteiger partial charge in [-0.3, -0.25) is 4.98 Å². The molecule has 0 aliphatic heterocycles. The minimum absolute atomic E-state index is 0.0883. The van der Waals surface area contributed by atoms with E-state index in [9.17, 15) is 9.50 Å². The third kappa shape index (κ3) is 3.78. The van der Waals surface area contributed by atoms with Gasteiger partial charge in [0.1, 0.15) is 5.82 Å². The first-order valence-electron chi connectivity index (χ1n) is 11.4. The van der Waals surface area contributed by atoms with E-state index >= 15 is 0 Å². The summed E-state index contributed by atoms with van der Waals surface area (Å²) in [5.41, 5.74) is 5.98. The van der Waals surface area contributed by atoms with Crippen molar-refractivity contribution in [1.29, 1.82) is 0 Å². The van der Waals surface area contributed by atoms with Crippen molar-refractivity contribution >= 4 is 6.08 Å². The van der Waals surface area contributed by atoms with Crippen molar-refractivity contribution in [3.05, 3.63) is 83.2 Å². The Bertz CT molecular complexity index is 1110. The van der Waals surface area contributed by atoms with Crippen LogP contribution in [0.5, 0.6) is 0 Å². The summed E-state index contributed by atoms with van der Waals surface area (Å²) in [5, 5.41) is 17.5. The average Bonchev–Trinajstić information content (AvgIpc) is 3.35. The van der Waals surface area contributed by atoms with Crippen LogP contribution in [-0.4, -0.2) is 33.0 Å². The van der Waals surface area contributed by atoms with Crippen LogP contribution in [0.3, 0.4) is 0 Å². The number of nitrogens with zero attached hydrogens (tertiary/aromatic N) is 3. The first-order valence-corrected chi connectivity index (χ1v) is 11.4. The van der Waals surface area contributed by atoms with Crippen molar-refractivity contribution < 1.29 is 9.50 Å². The largest absolute Gasteiger partial charge is 0.395 e. The maximum absolute atomic E-state index is 13.4. The van der Waals surface area contributed by atoms with Crippen LogP contribution in [0.1, 0.15) is 49.0 Å². The van der Waals surface area contributed by atoms with E-state index in [4.69, 9.17) is 0 Å². The van der Waals surface area contributed by atoms with Crippen molar-refractivity contribution in [2.75, 3.05) is 13.2 Å². The van der Waals surface area contributed by atoms with Gasteiger partial charge in [-0.15, -0.1) is 0 Å². The second-order valence-electron chi connectivity index (χ2n) is 9.20. The molecule has 3 atom stereocenters. The second kappa shape index (κ2) is 8.60. The number of hydrogen-bond acceptors (Lipinski definition) is 4. The lowest BCUT2D eigenvalue weighted by molar-refractivity contribution is 0.222. The van der Waals surface area contributed by atoms with Gasteiger partial charge in [0, 0.05) is 25.0 Å². The number of fused-ring (bicyclic) bond motifs is 2. The Morgan fingerprint density at radius 2 is 2.09 bits per heavy atom. The van der Waals surface area contributed by atoms with E-state index in [2.05, 4.69) is 34.5 Å². The fourth-order valence-corrected chi connectivity index (χ4v) is 5.54. The highest BCUT2D eigenvalue weighted by molar-refractivity contribution is 5.61. The molecule has 6 heteroatoms. The number of halogens is 1. The summed E-state index contributed by atoms with van der Waals surface area (Å²) in [7, 11) is 0. The Hall–Kier alpha value is -2.83. The van der Waals surface area contributed by atoms with Crippen LogP contribution >= 0.6 is 0 Å². The fraction of sp³-hybridized carbons (Fsp3) is 0.385. The van der Waals surface area contributed by atoms with Crippen LogP contribution in [0.4, 0.5) is 4.39 Å². The van der Waals surface area contributed by atoms with Crippen LogP contribution < -0.4 is 5.32 Å².